The van der Waals surface area contributed by atoms with Crippen molar-refractivity contribution in [1.82, 2.24) is 0 Å². The highest BCUT2D eigenvalue weighted by Gasteiger charge is 2.40. The van der Waals surface area contributed by atoms with Crippen LogP contribution in [0.2, 0.25) is 0 Å². The van der Waals surface area contributed by atoms with Gasteiger partial charge in [-0.2, -0.15) is 0 Å². The third-order valence-corrected chi connectivity index (χ3v) is 4.48. The average molecular weight is 342 g/mol. The zero-order valence-corrected chi connectivity index (χ0v) is 15.1. The molecule has 0 bridgehead atoms. The summed E-state index contributed by atoms with van der Waals surface area (Å²) < 4.78 is 34.0. The summed E-state index contributed by atoms with van der Waals surface area (Å²) in [5.74, 6) is -3.18. The Morgan fingerprint density at radius 1 is 1.29 bits per heavy atom. The topological polar surface area (TPSA) is 26.3 Å². The molecule has 0 radical (unpaired) electrons. The number of carbonyl (C=O) groups is 1. The Hall–Kier alpha value is -1.19. The van der Waals surface area contributed by atoms with Crippen LogP contribution < -0.4 is 0 Å². The summed E-state index contributed by atoms with van der Waals surface area (Å²) >= 11 is 0. The number of halogens is 2. The van der Waals surface area contributed by atoms with Crippen molar-refractivity contribution in [2.45, 2.75) is 90.1 Å². The first-order chi connectivity index (χ1) is 11.5. The lowest BCUT2D eigenvalue weighted by Crippen LogP contribution is -2.36. The molecule has 0 aromatic heterocycles. The van der Waals surface area contributed by atoms with Gasteiger partial charge in [-0.15, -0.1) is 0 Å². The fourth-order valence-electron chi connectivity index (χ4n) is 2.96. The largest absolute Gasteiger partial charge is 0.452 e. The molecular formula is C20H32F2O2. The molecule has 1 unspecified atom stereocenters. The third-order valence-electron chi connectivity index (χ3n) is 4.48. The number of alkyl halides is 2. The van der Waals surface area contributed by atoms with E-state index in [4.69, 9.17) is 4.74 Å². The van der Waals surface area contributed by atoms with Crippen molar-refractivity contribution in [3.05, 3.63) is 24.3 Å². The van der Waals surface area contributed by atoms with Crippen LogP contribution in [0, 0.1) is 5.92 Å². The number of carbonyl (C=O) groups excluding carboxylic acids is 1. The van der Waals surface area contributed by atoms with Crippen LogP contribution in [0.1, 0.15) is 78.1 Å². The van der Waals surface area contributed by atoms with Crippen LogP contribution >= 0.6 is 0 Å². The summed E-state index contributed by atoms with van der Waals surface area (Å²) in [6.07, 6.45) is 12.6. The van der Waals surface area contributed by atoms with E-state index >= 15 is 0 Å². The molecule has 0 amide bonds. The van der Waals surface area contributed by atoms with Crippen molar-refractivity contribution >= 4 is 5.97 Å². The Kier molecular flexibility index (Phi) is 9.89. The Bertz CT molecular complexity index is 410. The molecule has 1 rings (SSSR count). The molecule has 1 aliphatic rings. The van der Waals surface area contributed by atoms with Crippen LogP contribution in [-0.2, 0) is 9.53 Å². The van der Waals surface area contributed by atoms with Crippen molar-refractivity contribution in [3.63, 3.8) is 0 Å². The molecule has 0 N–H and O–H groups in total. The first kappa shape index (κ1) is 20.9. The number of rotatable bonds is 11. The molecule has 1 fully saturated rings. The van der Waals surface area contributed by atoms with Crippen LogP contribution in [0.15, 0.2) is 24.3 Å². The third kappa shape index (κ3) is 8.07. The summed E-state index contributed by atoms with van der Waals surface area (Å²) in [6, 6.07) is 0. The smallest absolute Gasteiger partial charge is 0.306 e. The lowest BCUT2D eigenvalue weighted by Gasteiger charge is -2.25. The number of esters is 1. The molecule has 138 valence electrons. The lowest BCUT2D eigenvalue weighted by molar-refractivity contribution is -0.167. The fraction of sp³-hybridized carbons (Fsp3) is 0.750. The van der Waals surface area contributed by atoms with Gasteiger partial charge >= 0.3 is 5.97 Å². The number of unbranched alkanes of at least 4 members (excludes halogenated alkanes) is 2. The van der Waals surface area contributed by atoms with Gasteiger partial charge in [0.25, 0.3) is 5.92 Å². The molecule has 0 aliphatic heterocycles. The molecule has 2 nitrogen and oxygen atoms in total. The maximum Gasteiger partial charge on any atom is 0.306 e. The van der Waals surface area contributed by atoms with Gasteiger partial charge in [0.05, 0.1) is 0 Å². The highest BCUT2D eigenvalue weighted by molar-refractivity contribution is 5.69. The van der Waals surface area contributed by atoms with Crippen molar-refractivity contribution in [2.75, 3.05) is 0 Å². The van der Waals surface area contributed by atoms with Crippen LogP contribution in [-0.4, -0.2) is 18.0 Å². The normalized spacial score (nSPS) is 17.8. The zero-order chi connectivity index (χ0) is 17.8. The Balaban J connectivity index is 2.63. The molecule has 1 atom stereocenters. The fourth-order valence-corrected chi connectivity index (χ4v) is 2.96. The predicted octanol–water partition coefficient (Wildman–Crippen LogP) is 6.22. The van der Waals surface area contributed by atoms with E-state index in [1.54, 1.807) is 0 Å². The highest BCUT2D eigenvalue weighted by Crippen LogP contribution is 2.31. The van der Waals surface area contributed by atoms with Gasteiger partial charge in [-0.3, -0.25) is 4.79 Å². The van der Waals surface area contributed by atoms with Crippen molar-refractivity contribution in [1.29, 1.82) is 0 Å². The Morgan fingerprint density at radius 3 is 2.62 bits per heavy atom. The number of allylic oxidation sites excluding steroid dienone is 3. The summed E-state index contributed by atoms with van der Waals surface area (Å²) in [5.41, 5.74) is 0. The first-order valence-electron chi connectivity index (χ1n) is 9.36. The van der Waals surface area contributed by atoms with Gasteiger partial charge in [0.1, 0.15) is 0 Å². The van der Waals surface area contributed by atoms with Crippen LogP contribution in [0.4, 0.5) is 8.78 Å². The van der Waals surface area contributed by atoms with E-state index in [9.17, 15) is 13.6 Å². The van der Waals surface area contributed by atoms with Crippen LogP contribution in [0.25, 0.3) is 0 Å². The Morgan fingerprint density at radius 2 is 2.00 bits per heavy atom. The zero-order valence-electron chi connectivity index (χ0n) is 15.1. The van der Waals surface area contributed by atoms with E-state index in [2.05, 4.69) is 0 Å². The van der Waals surface area contributed by atoms with E-state index in [-0.39, 0.29) is 12.8 Å². The minimum absolute atomic E-state index is 0.183. The average Bonchev–Trinajstić information content (AvgIpc) is 3.07. The molecule has 1 aliphatic carbocycles. The molecule has 4 heteroatoms. The van der Waals surface area contributed by atoms with E-state index < -0.39 is 18.0 Å². The maximum atomic E-state index is 14.4. The van der Waals surface area contributed by atoms with Gasteiger partial charge in [0.2, 0.25) is 0 Å². The summed E-state index contributed by atoms with van der Waals surface area (Å²) in [5, 5.41) is 0. The molecule has 0 heterocycles. The molecule has 1 saturated carbocycles. The maximum absolute atomic E-state index is 14.4. The van der Waals surface area contributed by atoms with Crippen LogP contribution in [0.3, 0.4) is 0 Å². The molecule has 0 spiro atoms. The molecule has 0 saturated heterocycles. The number of ether oxygens (including phenoxy) is 1. The van der Waals surface area contributed by atoms with Gasteiger partial charge in [0.15, 0.2) is 6.10 Å². The highest BCUT2D eigenvalue weighted by atomic mass is 19.3. The van der Waals surface area contributed by atoms with Crippen molar-refractivity contribution in [3.8, 4) is 0 Å². The van der Waals surface area contributed by atoms with Crippen molar-refractivity contribution in [2.24, 2.45) is 5.92 Å². The van der Waals surface area contributed by atoms with Gasteiger partial charge in [0, 0.05) is 12.8 Å². The second-order valence-corrected chi connectivity index (χ2v) is 6.67. The van der Waals surface area contributed by atoms with Gasteiger partial charge < -0.3 is 4.74 Å². The van der Waals surface area contributed by atoms with Gasteiger partial charge in [-0.25, -0.2) is 8.78 Å². The quantitative estimate of drug-likeness (QED) is 0.253. The molecule has 24 heavy (non-hydrogen) atoms. The monoisotopic (exact) mass is 342 g/mol. The summed E-state index contributed by atoms with van der Waals surface area (Å²) in [6.45, 7) is 3.79. The summed E-state index contributed by atoms with van der Waals surface area (Å²) in [7, 11) is 0. The number of hydrogen-bond acceptors (Lipinski definition) is 2. The van der Waals surface area contributed by atoms with Crippen molar-refractivity contribution < 1.29 is 18.3 Å². The van der Waals surface area contributed by atoms with E-state index in [0.29, 0.717) is 25.2 Å². The molecular weight excluding hydrogens is 310 g/mol. The van der Waals surface area contributed by atoms with E-state index in [0.717, 1.165) is 32.1 Å². The lowest BCUT2D eigenvalue weighted by atomic mass is 10.0. The Labute approximate surface area is 145 Å². The minimum Gasteiger partial charge on any atom is -0.452 e. The predicted molar refractivity (Wildman–Crippen MR) is 94.1 cm³/mol. The number of hydrogen-bond donors (Lipinski definition) is 0. The van der Waals surface area contributed by atoms with Gasteiger partial charge in [-0.1, -0.05) is 44.4 Å². The second kappa shape index (κ2) is 11.4. The SMILES string of the molecule is C/C=C\CCCC(=O)OC(/C=C/C1CCCC1)C(F)(F)CCCC. The first-order valence-corrected chi connectivity index (χ1v) is 9.36. The second-order valence-electron chi connectivity index (χ2n) is 6.67. The van der Waals surface area contributed by atoms with Crippen LogP contribution in [0.5, 0.6) is 0 Å². The van der Waals surface area contributed by atoms with Gasteiger partial charge in [-0.05, 0) is 51.0 Å². The van der Waals surface area contributed by atoms with E-state index in [1.165, 1.54) is 6.08 Å². The standard InChI is InChI=1S/C20H32F2O2/c1-3-5-7-8-13-19(23)24-18(20(21,22)16-6-4-2)15-14-17-11-9-10-12-17/h3,5,14-15,17-18H,4,6-13,16H2,1-2H3/b5-3-,15-14+. The summed E-state index contributed by atoms with van der Waals surface area (Å²) in [4.78, 5) is 11.9. The minimum atomic E-state index is -3.00. The molecule has 0 aromatic carbocycles. The van der Waals surface area contributed by atoms with E-state index in [1.807, 2.05) is 32.1 Å². The molecule has 0 aromatic rings.